The van der Waals surface area contributed by atoms with Crippen molar-refractivity contribution in [2.24, 2.45) is 0 Å². The van der Waals surface area contributed by atoms with Crippen molar-refractivity contribution in [3.8, 4) is 11.5 Å². The van der Waals surface area contributed by atoms with Gasteiger partial charge in [-0.25, -0.2) is 0 Å². The Morgan fingerprint density at radius 3 is 2.48 bits per heavy atom. The molecule has 0 spiro atoms. The summed E-state index contributed by atoms with van der Waals surface area (Å²) in [6.45, 7) is 5.85. The Balaban J connectivity index is 1.37. The van der Waals surface area contributed by atoms with Gasteiger partial charge in [0.1, 0.15) is 0 Å². The fourth-order valence-electron chi connectivity index (χ4n) is 4.03. The lowest BCUT2D eigenvalue weighted by atomic mass is 9.74. The molecule has 0 saturated carbocycles. The van der Waals surface area contributed by atoms with Gasteiger partial charge in [0.2, 0.25) is 12.7 Å². The van der Waals surface area contributed by atoms with Gasteiger partial charge in [-0.3, -0.25) is 9.59 Å². The summed E-state index contributed by atoms with van der Waals surface area (Å²) in [5.74, 6) is 0.998. The van der Waals surface area contributed by atoms with E-state index >= 15 is 0 Å². The van der Waals surface area contributed by atoms with Crippen LogP contribution >= 0.6 is 0 Å². The van der Waals surface area contributed by atoms with Crippen molar-refractivity contribution in [2.45, 2.75) is 32.1 Å². The molecule has 0 bridgehead atoms. The first-order valence-corrected chi connectivity index (χ1v) is 10.6. The monoisotopic (exact) mass is 424 g/mol. The fraction of sp³-hybridized carbons (Fsp3) is 0.417. The zero-order chi connectivity index (χ0) is 21.8. The lowest BCUT2D eigenvalue weighted by molar-refractivity contribution is -0.120. The summed E-state index contributed by atoms with van der Waals surface area (Å²) >= 11 is 0. The normalized spacial score (nSPS) is 16.6. The Hall–Kier alpha value is -3.06. The molecule has 2 aliphatic heterocycles. The van der Waals surface area contributed by atoms with Crippen LogP contribution in [0.2, 0.25) is 0 Å². The number of hydrogen-bond acceptors (Lipinski definition) is 5. The van der Waals surface area contributed by atoms with Crippen LogP contribution in [0.25, 0.3) is 0 Å². The van der Waals surface area contributed by atoms with Gasteiger partial charge in [-0.15, -0.1) is 0 Å². The number of rotatable bonds is 6. The fourth-order valence-corrected chi connectivity index (χ4v) is 4.03. The molecule has 0 radical (unpaired) electrons. The zero-order valence-electron chi connectivity index (χ0n) is 18.0. The van der Waals surface area contributed by atoms with E-state index in [0.29, 0.717) is 25.3 Å². The maximum atomic E-state index is 12.5. The number of carbonyl (C=O) groups is 2. The van der Waals surface area contributed by atoms with Crippen molar-refractivity contribution >= 4 is 11.8 Å². The van der Waals surface area contributed by atoms with Gasteiger partial charge in [0.25, 0.3) is 5.91 Å². The molecule has 7 heteroatoms. The summed E-state index contributed by atoms with van der Waals surface area (Å²) in [4.78, 5) is 24.9. The first-order valence-electron chi connectivity index (χ1n) is 10.6. The molecule has 0 aromatic heterocycles. The standard InChI is InChI=1S/C24H28N2O5/c1-16-3-4-18(11-17(16)2)23(28)25-13-22(27)26-14-24(7-9-29-10-8-24)19-5-6-20-21(12-19)31-15-30-20/h3-6,11-12H,7-10,13-15H2,1-2H3,(H,25,28)(H,26,27). The van der Waals surface area contributed by atoms with Crippen molar-refractivity contribution in [3.05, 3.63) is 58.7 Å². The van der Waals surface area contributed by atoms with Crippen LogP contribution in [0.4, 0.5) is 0 Å². The van der Waals surface area contributed by atoms with Gasteiger partial charge in [0.05, 0.1) is 6.54 Å². The average molecular weight is 424 g/mol. The molecule has 2 N–H and O–H groups in total. The molecule has 0 aliphatic carbocycles. The first kappa shape index (κ1) is 21.2. The van der Waals surface area contributed by atoms with Crippen LogP contribution in [0.15, 0.2) is 36.4 Å². The third-order valence-corrected chi connectivity index (χ3v) is 6.24. The summed E-state index contributed by atoms with van der Waals surface area (Å²) in [6.07, 6.45) is 1.59. The second-order valence-corrected chi connectivity index (χ2v) is 8.22. The number of ether oxygens (including phenoxy) is 3. The Labute approximate surface area is 182 Å². The van der Waals surface area contributed by atoms with Crippen LogP contribution in [0.3, 0.4) is 0 Å². The SMILES string of the molecule is Cc1ccc(C(=O)NCC(=O)NCC2(c3ccc4c(c3)OCO4)CCOCC2)cc1C. The lowest BCUT2D eigenvalue weighted by Crippen LogP contribution is -2.47. The number of benzene rings is 2. The molecule has 7 nitrogen and oxygen atoms in total. The smallest absolute Gasteiger partial charge is 0.251 e. The number of fused-ring (bicyclic) bond motifs is 1. The van der Waals surface area contributed by atoms with Crippen LogP contribution in [-0.2, 0) is 14.9 Å². The van der Waals surface area contributed by atoms with Gasteiger partial charge >= 0.3 is 0 Å². The van der Waals surface area contributed by atoms with Gasteiger partial charge in [-0.2, -0.15) is 0 Å². The highest BCUT2D eigenvalue weighted by Crippen LogP contribution is 2.40. The van der Waals surface area contributed by atoms with Crippen LogP contribution < -0.4 is 20.1 Å². The van der Waals surface area contributed by atoms with Crippen molar-refractivity contribution in [2.75, 3.05) is 33.1 Å². The summed E-state index contributed by atoms with van der Waals surface area (Å²) in [5, 5.41) is 5.71. The molecule has 2 aliphatic rings. The van der Waals surface area contributed by atoms with E-state index in [1.54, 1.807) is 6.07 Å². The minimum Gasteiger partial charge on any atom is -0.454 e. The van der Waals surface area contributed by atoms with Crippen LogP contribution in [0.1, 0.15) is 39.9 Å². The molecule has 1 fully saturated rings. The van der Waals surface area contributed by atoms with E-state index in [4.69, 9.17) is 14.2 Å². The molecular weight excluding hydrogens is 396 g/mol. The Morgan fingerprint density at radius 2 is 1.71 bits per heavy atom. The van der Waals surface area contributed by atoms with Gasteiger partial charge in [0, 0.05) is 30.7 Å². The maximum absolute atomic E-state index is 12.5. The molecule has 2 amide bonds. The van der Waals surface area contributed by atoms with Gasteiger partial charge in [-0.05, 0) is 67.6 Å². The van der Waals surface area contributed by atoms with Crippen molar-refractivity contribution < 1.29 is 23.8 Å². The number of hydrogen-bond donors (Lipinski definition) is 2. The highest BCUT2D eigenvalue weighted by molar-refractivity contribution is 5.96. The maximum Gasteiger partial charge on any atom is 0.251 e. The summed E-state index contributed by atoms with van der Waals surface area (Å²) < 4.78 is 16.5. The molecule has 164 valence electrons. The number of nitrogens with one attached hydrogen (secondary N) is 2. The molecule has 1 saturated heterocycles. The minimum absolute atomic E-state index is 0.0700. The van der Waals surface area contributed by atoms with E-state index in [1.165, 1.54) is 0 Å². The summed E-state index contributed by atoms with van der Waals surface area (Å²) in [5.41, 5.74) is 3.57. The molecule has 0 unspecified atom stereocenters. The van der Waals surface area contributed by atoms with Gasteiger partial charge in [0.15, 0.2) is 11.5 Å². The predicted molar refractivity (Wildman–Crippen MR) is 116 cm³/mol. The second-order valence-electron chi connectivity index (χ2n) is 8.22. The summed E-state index contributed by atoms with van der Waals surface area (Å²) in [6, 6.07) is 11.5. The van der Waals surface area contributed by atoms with Crippen LogP contribution in [-0.4, -0.2) is 44.9 Å². The van der Waals surface area contributed by atoms with E-state index in [0.717, 1.165) is 41.0 Å². The topological polar surface area (TPSA) is 85.9 Å². The average Bonchev–Trinajstić information content (AvgIpc) is 3.26. The zero-order valence-corrected chi connectivity index (χ0v) is 18.0. The lowest BCUT2D eigenvalue weighted by Gasteiger charge is -2.38. The van der Waals surface area contributed by atoms with Crippen LogP contribution in [0.5, 0.6) is 11.5 Å². The second kappa shape index (κ2) is 8.98. The quantitative estimate of drug-likeness (QED) is 0.745. The number of aryl methyl sites for hydroxylation is 2. The largest absolute Gasteiger partial charge is 0.454 e. The molecule has 31 heavy (non-hydrogen) atoms. The highest BCUT2D eigenvalue weighted by atomic mass is 16.7. The van der Waals surface area contributed by atoms with Crippen LogP contribution in [0, 0.1) is 13.8 Å². The molecular formula is C24H28N2O5. The predicted octanol–water partition coefficient (Wildman–Crippen LogP) is 2.63. The molecule has 2 heterocycles. The number of carbonyl (C=O) groups excluding carboxylic acids is 2. The molecule has 4 rings (SSSR count). The Bertz CT molecular complexity index is 982. The summed E-state index contributed by atoms with van der Waals surface area (Å²) in [7, 11) is 0. The third-order valence-electron chi connectivity index (χ3n) is 6.24. The van der Waals surface area contributed by atoms with Crippen molar-refractivity contribution in [1.82, 2.24) is 10.6 Å². The Kier molecular flexibility index (Phi) is 6.13. The molecule has 2 aromatic carbocycles. The highest BCUT2D eigenvalue weighted by Gasteiger charge is 2.36. The van der Waals surface area contributed by atoms with E-state index < -0.39 is 0 Å². The Morgan fingerprint density at radius 1 is 0.935 bits per heavy atom. The van der Waals surface area contributed by atoms with E-state index in [2.05, 4.69) is 10.6 Å². The minimum atomic E-state index is -0.255. The van der Waals surface area contributed by atoms with E-state index in [9.17, 15) is 9.59 Å². The molecule has 2 aromatic rings. The number of amides is 2. The van der Waals surface area contributed by atoms with Gasteiger partial charge in [-0.1, -0.05) is 12.1 Å². The van der Waals surface area contributed by atoms with E-state index in [1.807, 2.05) is 44.2 Å². The molecule has 0 atom stereocenters. The first-order chi connectivity index (χ1) is 15.0. The van der Waals surface area contributed by atoms with Crippen molar-refractivity contribution in [3.63, 3.8) is 0 Å². The third kappa shape index (κ3) is 4.66. The van der Waals surface area contributed by atoms with E-state index in [-0.39, 0.29) is 30.6 Å². The van der Waals surface area contributed by atoms with Gasteiger partial charge < -0.3 is 24.8 Å². The van der Waals surface area contributed by atoms with Crippen molar-refractivity contribution in [1.29, 1.82) is 0 Å².